The molecule has 1 N–H and O–H groups in total. The molecule has 1 aliphatic heterocycles. The van der Waals surface area contributed by atoms with Crippen LogP contribution in [0.15, 0.2) is 39.7 Å². The fourth-order valence-electron chi connectivity index (χ4n) is 2.86. The van der Waals surface area contributed by atoms with Gasteiger partial charge in [-0.15, -0.1) is 0 Å². The number of aryl methyl sites for hydroxylation is 1. The van der Waals surface area contributed by atoms with E-state index in [1.807, 2.05) is 24.3 Å². The zero-order valence-corrected chi connectivity index (χ0v) is 15.0. The molecule has 3 rings (SSSR count). The number of hydrogen-bond acceptors (Lipinski definition) is 5. The van der Waals surface area contributed by atoms with Crippen molar-refractivity contribution >= 4 is 27.3 Å². The van der Waals surface area contributed by atoms with Gasteiger partial charge in [-0.1, -0.05) is 0 Å². The van der Waals surface area contributed by atoms with E-state index in [9.17, 15) is 4.79 Å². The van der Waals surface area contributed by atoms with E-state index in [2.05, 4.69) is 37.3 Å². The molecule has 1 aliphatic rings. The number of hydrogen-bond donors (Lipinski definition) is 1. The predicted molar refractivity (Wildman–Crippen MR) is 97.2 cm³/mol. The summed E-state index contributed by atoms with van der Waals surface area (Å²) < 4.78 is 1.83. The van der Waals surface area contributed by atoms with Gasteiger partial charge in [0.25, 0.3) is 5.56 Å². The van der Waals surface area contributed by atoms with Crippen molar-refractivity contribution in [3.63, 3.8) is 0 Å². The normalized spacial score (nSPS) is 15.1. The van der Waals surface area contributed by atoms with Gasteiger partial charge in [-0.05, 0) is 53.0 Å². The van der Waals surface area contributed by atoms with Crippen LogP contribution in [0, 0.1) is 11.3 Å². The lowest BCUT2D eigenvalue weighted by atomic mass is 10.0. The molecule has 0 amide bonds. The highest BCUT2D eigenvalue weighted by Gasteiger charge is 2.20. The smallest absolute Gasteiger partial charge is 0.282 e. The van der Waals surface area contributed by atoms with Crippen LogP contribution in [0.3, 0.4) is 0 Å². The average Bonchev–Trinajstić information content (AvgIpc) is 2.63. The van der Waals surface area contributed by atoms with Crippen LogP contribution in [-0.4, -0.2) is 28.9 Å². The summed E-state index contributed by atoms with van der Waals surface area (Å²) in [5.74, 6) is 0. The SMILES string of the molecule is Cn1ncc(NC2CCN(c3ccc(C#N)cc3)CC2)c(Br)c1=O. The van der Waals surface area contributed by atoms with E-state index in [1.54, 1.807) is 13.2 Å². The first-order valence-corrected chi connectivity index (χ1v) is 8.61. The molecule has 0 atom stereocenters. The third-order valence-electron chi connectivity index (χ3n) is 4.29. The zero-order chi connectivity index (χ0) is 17.1. The molecular formula is C17H18BrN5O. The molecule has 1 saturated heterocycles. The minimum Gasteiger partial charge on any atom is -0.380 e. The number of nitrogens with zero attached hydrogens (tertiary/aromatic N) is 4. The molecule has 0 bridgehead atoms. The maximum atomic E-state index is 11.9. The van der Waals surface area contributed by atoms with E-state index in [0.717, 1.165) is 37.3 Å². The second-order valence-electron chi connectivity index (χ2n) is 5.87. The number of aromatic nitrogens is 2. The number of rotatable bonds is 3. The van der Waals surface area contributed by atoms with Crippen molar-refractivity contribution in [2.75, 3.05) is 23.3 Å². The van der Waals surface area contributed by atoms with Gasteiger partial charge in [0, 0.05) is 31.9 Å². The van der Waals surface area contributed by atoms with Crippen molar-refractivity contribution in [2.45, 2.75) is 18.9 Å². The Morgan fingerprint density at radius 1 is 1.29 bits per heavy atom. The summed E-state index contributed by atoms with van der Waals surface area (Å²) in [6.45, 7) is 1.86. The molecule has 1 aromatic heterocycles. The highest BCUT2D eigenvalue weighted by molar-refractivity contribution is 9.10. The Bertz CT molecular complexity index is 816. The van der Waals surface area contributed by atoms with Crippen LogP contribution in [0.4, 0.5) is 11.4 Å². The lowest BCUT2D eigenvalue weighted by Gasteiger charge is -2.34. The van der Waals surface area contributed by atoms with Crippen LogP contribution in [0.5, 0.6) is 0 Å². The average molecular weight is 388 g/mol. The predicted octanol–water partition coefficient (Wildman–Crippen LogP) is 2.50. The van der Waals surface area contributed by atoms with Crippen LogP contribution < -0.4 is 15.8 Å². The fourth-order valence-corrected chi connectivity index (χ4v) is 3.33. The molecule has 0 spiro atoms. The lowest BCUT2D eigenvalue weighted by molar-refractivity contribution is 0.525. The summed E-state index contributed by atoms with van der Waals surface area (Å²) in [6, 6.07) is 10.1. The van der Waals surface area contributed by atoms with Gasteiger partial charge in [0.2, 0.25) is 0 Å². The number of piperidine rings is 1. The summed E-state index contributed by atoms with van der Waals surface area (Å²) in [5.41, 5.74) is 2.42. The molecule has 2 heterocycles. The first-order valence-electron chi connectivity index (χ1n) is 7.82. The Morgan fingerprint density at radius 2 is 1.96 bits per heavy atom. The molecule has 0 aliphatic carbocycles. The zero-order valence-electron chi connectivity index (χ0n) is 13.4. The summed E-state index contributed by atoms with van der Waals surface area (Å²) in [6.07, 6.45) is 3.63. The number of nitrogens with one attached hydrogen (secondary N) is 1. The topological polar surface area (TPSA) is 74.0 Å². The summed E-state index contributed by atoms with van der Waals surface area (Å²) in [4.78, 5) is 14.2. The van der Waals surface area contributed by atoms with Crippen molar-refractivity contribution in [1.82, 2.24) is 9.78 Å². The Labute approximate surface area is 148 Å². The van der Waals surface area contributed by atoms with Gasteiger partial charge >= 0.3 is 0 Å². The Balaban J connectivity index is 1.62. The van der Waals surface area contributed by atoms with Crippen LogP contribution in [-0.2, 0) is 7.05 Å². The molecule has 124 valence electrons. The van der Waals surface area contributed by atoms with E-state index in [4.69, 9.17) is 5.26 Å². The third kappa shape index (κ3) is 3.44. The fraction of sp³-hybridized carbons (Fsp3) is 0.353. The van der Waals surface area contributed by atoms with Gasteiger partial charge in [-0.3, -0.25) is 4.79 Å². The Kier molecular flexibility index (Phi) is 4.86. The molecule has 6 nitrogen and oxygen atoms in total. The van der Waals surface area contributed by atoms with Crippen molar-refractivity contribution in [1.29, 1.82) is 5.26 Å². The van der Waals surface area contributed by atoms with Gasteiger partial charge < -0.3 is 10.2 Å². The van der Waals surface area contributed by atoms with Gasteiger partial charge in [0.15, 0.2) is 0 Å². The Hall–Kier alpha value is -2.33. The molecule has 0 saturated carbocycles. The second kappa shape index (κ2) is 7.05. The second-order valence-corrected chi connectivity index (χ2v) is 6.66. The molecule has 1 fully saturated rings. The molecule has 2 aromatic rings. The van der Waals surface area contributed by atoms with E-state index >= 15 is 0 Å². The van der Waals surface area contributed by atoms with Crippen molar-refractivity contribution in [3.05, 3.63) is 50.9 Å². The van der Waals surface area contributed by atoms with Crippen molar-refractivity contribution < 1.29 is 0 Å². The molecule has 1 aromatic carbocycles. The van der Waals surface area contributed by atoms with E-state index in [0.29, 0.717) is 16.1 Å². The minimum absolute atomic E-state index is 0.144. The largest absolute Gasteiger partial charge is 0.380 e. The number of anilines is 2. The maximum Gasteiger partial charge on any atom is 0.282 e. The lowest BCUT2D eigenvalue weighted by Crippen LogP contribution is -2.39. The van der Waals surface area contributed by atoms with E-state index in [-0.39, 0.29) is 5.56 Å². The van der Waals surface area contributed by atoms with E-state index in [1.165, 1.54) is 4.68 Å². The molecule has 0 radical (unpaired) electrons. The van der Waals surface area contributed by atoms with Crippen molar-refractivity contribution in [2.24, 2.45) is 7.05 Å². The third-order valence-corrected chi connectivity index (χ3v) is 5.06. The van der Waals surface area contributed by atoms with Gasteiger partial charge in [-0.25, -0.2) is 4.68 Å². The van der Waals surface area contributed by atoms with Crippen LogP contribution in [0.2, 0.25) is 0 Å². The first kappa shape index (κ1) is 16.5. The molecule has 0 unspecified atom stereocenters. The minimum atomic E-state index is -0.144. The monoisotopic (exact) mass is 387 g/mol. The van der Waals surface area contributed by atoms with Crippen LogP contribution >= 0.6 is 15.9 Å². The molecule has 24 heavy (non-hydrogen) atoms. The van der Waals surface area contributed by atoms with Gasteiger partial charge in [0.1, 0.15) is 4.47 Å². The maximum absolute atomic E-state index is 11.9. The number of nitriles is 1. The van der Waals surface area contributed by atoms with Crippen LogP contribution in [0.1, 0.15) is 18.4 Å². The molecular weight excluding hydrogens is 370 g/mol. The number of halogens is 1. The van der Waals surface area contributed by atoms with Crippen molar-refractivity contribution in [3.8, 4) is 6.07 Å². The summed E-state index contributed by atoms with van der Waals surface area (Å²) in [7, 11) is 1.63. The molecule has 7 heteroatoms. The quantitative estimate of drug-likeness (QED) is 0.875. The first-order chi connectivity index (χ1) is 11.6. The highest BCUT2D eigenvalue weighted by Crippen LogP contribution is 2.24. The standard InChI is InChI=1S/C17H18BrN5O/c1-22-17(24)16(18)15(11-20-22)21-13-6-8-23(9-7-13)14-4-2-12(10-19)3-5-14/h2-5,11,13,21H,6-9H2,1H3. The number of benzene rings is 1. The van der Waals surface area contributed by atoms with Gasteiger partial charge in [-0.2, -0.15) is 10.4 Å². The van der Waals surface area contributed by atoms with Crippen LogP contribution in [0.25, 0.3) is 0 Å². The Morgan fingerprint density at radius 3 is 2.58 bits per heavy atom. The van der Waals surface area contributed by atoms with E-state index < -0.39 is 0 Å². The van der Waals surface area contributed by atoms with Gasteiger partial charge in [0.05, 0.1) is 23.5 Å². The highest BCUT2D eigenvalue weighted by atomic mass is 79.9. The summed E-state index contributed by atoms with van der Waals surface area (Å²) in [5, 5.41) is 16.3. The summed E-state index contributed by atoms with van der Waals surface area (Å²) >= 11 is 3.35.